The summed E-state index contributed by atoms with van der Waals surface area (Å²) in [7, 11) is 0. The van der Waals surface area contributed by atoms with Gasteiger partial charge in [-0.3, -0.25) is 4.79 Å². The molecular weight excluding hydrogens is 184 g/mol. The van der Waals surface area contributed by atoms with Gasteiger partial charge in [-0.1, -0.05) is 31.2 Å². The van der Waals surface area contributed by atoms with E-state index < -0.39 is 0 Å². The monoisotopic (exact) mass is 202 g/mol. The standard InChI is InChI=1S/C14H18O/c1-2-11-6-3-4-9-14(11)12-7-5-8-13(15)10-12/h3-4,6,9,12H,2,5,7-8,10H2,1H3. The fourth-order valence-corrected chi connectivity index (χ4v) is 2.54. The van der Waals surface area contributed by atoms with Gasteiger partial charge in [0.15, 0.2) is 0 Å². The first-order valence-electron chi connectivity index (χ1n) is 5.90. The van der Waals surface area contributed by atoms with Crippen LogP contribution >= 0.6 is 0 Å². The van der Waals surface area contributed by atoms with Gasteiger partial charge in [0.25, 0.3) is 0 Å². The number of aryl methyl sites for hydroxylation is 1. The van der Waals surface area contributed by atoms with Gasteiger partial charge in [0.05, 0.1) is 0 Å². The number of benzene rings is 1. The zero-order valence-corrected chi connectivity index (χ0v) is 9.33. The molecule has 1 unspecified atom stereocenters. The van der Waals surface area contributed by atoms with Crippen molar-refractivity contribution >= 4 is 5.78 Å². The van der Waals surface area contributed by atoms with Crippen molar-refractivity contribution in [2.45, 2.75) is 44.9 Å². The van der Waals surface area contributed by atoms with Gasteiger partial charge < -0.3 is 0 Å². The predicted octanol–water partition coefficient (Wildman–Crippen LogP) is 3.48. The van der Waals surface area contributed by atoms with Gasteiger partial charge in [0.1, 0.15) is 5.78 Å². The molecule has 0 aliphatic heterocycles. The molecule has 1 aromatic rings. The van der Waals surface area contributed by atoms with E-state index in [1.807, 2.05) is 0 Å². The van der Waals surface area contributed by atoms with Crippen LogP contribution in [-0.4, -0.2) is 5.78 Å². The van der Waals surface area contributed by atoms with Crippen molar-refractivity contribution in [3.8, 4) is 0 Å². The lowest BCUT2D eigenvalue weighted by molar-refractivity contribution is -0.120. The Kier molecular flexibility index (Phi) is 3.20. The van der Waals surface area contributed by atoms with E-state index in [4.69, 9.17) is 0 Å². The van der Waals surface area contributed by atoms with E-state index in [2.05, 4.69) is 31.2 Å². The highest BCUT2D eigenvalue weighted by atomic mass is 16.1. The molecule has 1 aliphatic rings. The maximum atomic E-state index is 11.4. The van der Waals surface area contributed by atoms with Crippen LogP contribution < -0.4 is 0 Å². The maximum absolute atomic E-state index is 11.4. The van der Waals surface area contributed by atoms with Crippen LogP contribution in [0.2, 0.25) is 0 Å². The van der Waals surface area contributed by atoms with Crippen molar-refractivity contribution in [3.63, 3.8) is 0 Å². The summed E-state index contributed by atoms with van der Waals surface area (Å²) >= 11 is 0. The summed E-state index contributed by atoms with van der Waals surface area (Å²) in [6.45, 7) is 2.18. The highest BCUT2D eigenvalue weighted by Gasteiger charge is 2.22. The average molecular weight is 202 g/mol. The van der Waals surface area contributed by atoms with Crippen LogP contribution in [0.5, 0.6) is 0 Å². The molecule has 0 saturated heterocycles. The van der Waals surface area contributed by atoms with Crippen LogP contribution in [0.1, 0.15) is 49.7 Å². The Balaban J connectivity index is 2.24. The van der Waals surface area contributed by atoms with Crippen molar-refractivity contribution in [1.29, 1.82) is 0 Å². The van der Waals surface area contributed by atoms with Gasteiger partial charge in [-0.15, -0.1) is 0 Å². The van der Waals surface area contributed by atoms with Gasteiger partial charge in [0.2, 0.25) is 0 Å². The molecule has 80 valence electrons. The van der Waals surface area contributed by atoms with Gasteiger partial charge in [-0.05, 0) is 36.3 Å². The van der Waals surface area contributed by atoms with Crippen molar-refractivity contribution in [2.75, 3.05) is 0 Å². The molecule has 1 saturated carbocycles. The maximum Gasteiger partial charge on any atom is 0.133 e. The summed E-state index contributed by atoms with van der Waals surface area (Å²) in [5.41, 5.74) is 2.82. The fourth-order valence-electron chi connectivity index (χ4n) is 2.54. The van der Waals surface area contributed by atoms with E-state index in [-0.39, 0.29) is 0 Å². The van der Waals surface area contributed by atoms with Crippen LogP contribution in [0.3, 0.4) is 0 Å². The second-order valence-electron chi connectivity index (χ2n) is 4.38. The molecule has 0 heterocycles. The van der Waals surface area contributed by atoms with Crippen LogP contribution in [0.4, 0.5) is 0 Å². The summed E-state index contributed by atoms with van der Waals surface area (Å²) in [5.74, 6) is 0.930. The molecule has 2 rings (SSSR count). The highest BCUT2D eigenvalue weighted by molar-refractivity contribution is 5.80. The number of carbonyl (C=O) groups is 1. The number of Topliss-reactive ketones (excluding diaryl/α,β-unsaturated/α-hetero) is 1. The molecule has 0 bridgehead atoms. The number of rotatable bonds is 2. The minimum absolute atomic E-state index is 0.442. The van der Waals surface area contributed by atoms with E-state index in [9.17, 15) is 4.79 Å². The van der Waals surface area contributed by atoms with Gasteiger partial charge in [-0.2, -0.15) is 0 Å². The predicted molar refractivity (Wildman–Crippen MR) is 62.0 cm³/mol. The Morgan fingerprint density at radius 2 is 2.13 bits per heavy atom. The van der Waals surface area contributed by atoms with Gasteiger partial charge in [0, 0.05) is 12.8 Å². The quantitative estimate of drug-likeness (QED) is 0.717. The number of carbonyl (C=O) groups excluding carboxylic acids is 1. The summed E-state index contributed by atoms with van der Waals surface area (Å²) in [5, 5.41) is 0. The molecule has 0 amide bonds. The van der Waals surface area contributed by atoms with E-state index in [1.165, 1.54) is 17.5 Å². The highest BCUT2D eigenvalue weighted by Crippen LogP contribution is 2.32. The summed E-state index contributed by atoms with van der Waals surface area (Å²) in [6, 6.07) is 8.57. The van der Waals surface area contributed by atoms with Crippen LogP contribution in [0.15, 0.2) is 24.3 Å². The Hall–Kier alpha value is -1.11. The van der Waals surface area contributed by atoms with Crippen molar-refractivity contribution in [1.82, 2.24) is 0 Å². The lowest BCUT2D eigenvalue weighted by atomic mass is 9.81. The molecule has 1 nitrogen and oxygen atoms in total. The van der Waals surface area contributed by atoms with Crippen LogP contribution in [-0.2, 0) is 11.2 Å². The van der Waals surface area contributed by atoms with Crippen molar-refractivity contribution in [3.05, 3.63) is 35.4 Å². The molecule has 0 N–H and O–H groups in total. The van der Waals surface area contributed by atoms with E-state index in [0.717, 1.165) is 25.7 Å². The first-order chi connectivity index (χ1) is 7.31. The normalized spacial score (nSPS) is 21.7. The molecular formula is C14H18O. The third-order valence-electron chi connectivity index (χ3n) is 3.36. The summed E-state index contributed by atoms with van der Waals surface area (Å²) < 4.78 is 0. The smallest absolute Gasteiger partial charge is 0.133 e. The van der Waals surface area contributed by atoms with Crippen LogP contribution in [0, 0.1) is 0 Å². The number of hydrogen-bond donors (Lipinski definition) is 0. The molecule has 1 fully saturated rings. The van der Waals surface area contributed by atoms with Crippen LogP contribution in [0.25, 0.3) is 0 Å². The Morgan fingerprint density at radius 3 is 2.87 bits per heavy atom. The topological polar surface area (TPSA) is 17.1 Å². The first kappa shape index (κ1) is 10.4. The summed E-state index contributed by atoms with van der Waals surface area (Å²) in [4.78, 5) is 11.4. The molecule has 1 heteroatoms. The molecule has 1 atom stereocenters. The summed E-state index contributed by atoms with van der Waals surface area (Å²) in [6.07, 6.45) is 4.88. The Labute approximate surface area is 91.5 Å². The lowest BCUT2D eigenvalue weighted by Gasteiger charge is -2.23. The van der Waals surface area contributed by atoms with Crippen molar-refractivity contribution < 1.29 is 4.79 Å². The average Bonchev–Trinajstić information content (AvgIpc) is 2.29. The molecule has 0 radical (unpaired) electrons. The SMILES string of the molecule is CCc1ccccc1C1CCCC(=O)C1. The second-order valence-corrected chi connectivity index (χ2v) is 4.38. The minimum Gasteiger partial charge on any atom is -0.300 e. The minimum atomic E-state index is 0.442. The molecule has 1 aliphatic carbocycles. The first-order valence-corrected chi connectivity index (χ1v) is 5.90. The lowest BCUT2D eigenvalue weighted by Crippen LogP contribution is -2.14. The molecule has 0 aromatic heterocycles. The third kappa shape index (κ3) is 2.28. The van der Waals surface area contributed by atoms with Gasteiger partial charge >= 0.3 is 0 Å². The Morgan fingerprint density at radius 1 is 1.33 bits per heavy atom. The van der Waals surface area contributed by atoms with E-state index in [1.54, 1.807) is 0 Å². The zero-order valence-electron chi connectivity index (χ0n) is 9.33. The van der Waals surface area contributed by atoms with Gasteiger partial charge in [-0.25, -0.2) is 0 Å². The van der Waals surface area contributed by atoms with E-state index >= 15 is 0 Å². The number of ketones is 1. The fraction of sp³-hybridized carbons (Fsp3) is 0.500. The molecule has 1 aromatic carbocycles. The zero-order chi connectivity index (χ0) is 10.7. The largest absolute Gasteiger partial charge is 0.300 e. The molecule has 15 heavy (non-hydrogen) atoms. The Bertz CT molecular complexity index is 354. The molecule has 0 spiro atoms. The number of hydrogen-bond acceptors (Lipinski definition) is 1. The second kappa shape index (κ2) is 4.61. The van der Waals surface area contributed by atoms with Crippen molar-refractivity contribution in [2.24, 2.45) is 0 Å². The van der Waals surface area contributed by atoms with E-state index in [0.29, 0.717) is 11.7 Å². The third-order valence-corrected chi connectivity index (χ3v) is 3.36.